The minimum atomic E-state index is -0.514. The van der Waals surface area contributed by atoms with Crippen LogP contribution in [0.3, 0.4) is 0 Å². The SMILES string of the molecule is O=C(CN1C(=O)N(c2cccc(Cl)c2)C(=O)C2SC=CC21)NCCCc1ccccc1. The van der Waals surface area contributed by atoms with E-state index in [0.717, 1.165) is 17.7 Å². The smallest absolute Gasteiger partial charge is 0.332 e. The summed E-state index contributed by atoms with van der Waals surface area (Å²) in [6, 6.07) is 15.7. The van der Waals surface area contributed by atoms with E-state index in [1.165, 1.54) is 22.2 Å². The summed E-state index contributed by atoms with van der Waals surface area (Å²) < 4.78 is 0. The predicted molar refractivity (Wildman–Crippen MR) is 123 cm³/mol. The highest BCUT2D eigenvalue weighted by Crippen LogP contribution is 2.36. The number of thioether (sulfide) groups is 1. The van der Waals surface area contributed by atoms with Gasteiger partial charge in [0.25, 0.3) is 5.91 Å². The van der Waals surface area contributed by atoms with Gasteiger partial charge in [0, 0.05) is 11.6 Å². The number of imide groups is 1. The van der Waals surface area contributed by atoms with Gasteiger partial charge in [-0.05, 0) is 42.0 Å². The summed E-state index contributed by atoms with van der Waals surface area (Å²) in [6.07, 6.45) is 3.48. The molecule has 0 saturated carbocycles. The van der Waals surface area contributed by atoms with Crippen molar-refractivity contribution < 1.29 is 14.4 Å². The maximum Gasteiger partial charge on any atom is 0.332 e. The zero-order valence-electron chi connectivity index (χ0n) is 16.7. The number of nitrogens with zero attached hydrogens (tertiary/aromatic N) is 2. The van der Waals surface area contributed by atoms with Crippen molar-refractivity contribution >= 4 is 46.9 Å². The van der Waals surface area contributed by atoms with Crippen LogP contribution in [0.4, 0.5) is 10.5 Å². The fourth-order valence-corrected chi connectivity index (χ4v) is 4.97. The van der Waals surface area contributed by atoms with E-state index in [1.54, 1.807) is 24.3 Å². The second kappa shape index (κ2) is 9.58. The molecule has 8 heteroatoms. The minimum absolute atomic E-state index is 0.111. The molecule has 2 atom stereocenters. The molecule has 2 aliphatic rings. The van der Waals surface area contributed by atoms with E-state index in [2.05, 4.69) is 17.4 Å². The number of anilines is 1. The van der Waals surface area contributed by atoms with Crippen LogP contribution in [-0.4, -0.2) is 47.1 Å². The molecule has 0 spiro atoms. The molecule has 6 nitrogen and oxygen atoms in total. The Morgan fingerprint density at radius 2 is 1.90 bits per heavy atom. The Hall–Kier alpha value is -2.77. The Morgan fingerprint density at radius 1 is 1.10 bits per heavy atom. The van der Waals surface area contributed by atoms with Crippen LogP contribution < -0.4 is 10.2 Å². The lowest BCUT2D eigenvalue weighted by Gasteiger charge is -2.40. The first kappa shape index (κ1) is 21.5. The Morgan fingerprint density at radius 3 is 2.68 bits per heavy atom. The van der Waals surface area contributed by atoms with Gasteiger partial charge < -0.3 is 10.2 Å². The Balaban J connectivity index is 1.41. The van der Waals surface area contributed by atoms with Crippen molar-refractivity contribution in [1.82, 2.24) is 10.2 Å². The number of hydrogen-bond donors (Lipinski definition) is 1. The van der Waals surface area contributed by atoms with Crippen molar-refractivity contribution in [2.45, 2.75) is 24.1 Å². The fourth-order valence-electron chi connectivity index (χ4n) is 3.74. The molecule has 2 unspecified atom stereocenters. The number of amides is 4. The number of carbonyl (C=O) groups excluding carboxylic acids is 3. The maximum atomic E-state index is 13.2. The van der Waals surface area contributed by atoms with Crippen LogP contribution in [0.15, 0.2) is 66.1 Å². The second-order valence-corrected chi connectivity index (χ2v) is 8.87. The summed E-state index contributed by atoms with van der Waals surface area (Å²) in [5, 5.41) is 4.66. The first-order valence-corrected chi connectivity index (χ1v) is 11.4. The molecular weight excluding hydrogens is 434 g/mol. The van der Waals surface area contributed by atoms with Gasteiger partial charge in [-0.1, -0.05) is 54.1 Å². The van der Waals surface area contributed by atoms with Crippen molar-refractivity contribution in [1.29, 1.82) is 0 Å². The van der Waals surface area contributed by atoms with Gasteiger partial charge >= 0.3 is 6.03 Å². The average molecular weight is 456 g/mol. The van der Waals surface area contributed by atoms with Crippen molar-refractivity contribution in [3.63, 3.8) is 0 Å². The maximum absolute atomic E-state index is 13.2. The average Bonchev–Trinajstić information content (AvgIpc) is 3.25. The van der Waals surface area contributed by atoms with E-state index >= 15 is 0 Å². The highest BCUT2D eigenvalue weighted by atomic mass is 35.5. The molecule has 1 N–H and O–H groups in total. The van der Waals surface area contributed by atoms with E-state index in [9.17, 15) is 14.4 Å². The fraction of sp³-hybridized carbons (Fsp3) is 0.261. The number of benzene rings is 2. The van der Waals surface area contributed by atoms with Crippen LogP contribution in [0.2, 0.25) is 5.02 Å². The normalized spacial score (nSPS) is 20.2. The zero-order chi connectivity index (χ0) is 21.8. The summed E-state index contributed by atoms with van der Waals surface area (Å²) >= 11 is 7.42. The number of nitrogens with one attached hydrogen (secondary N) is 1. The van der Waals surface area contributed by atoms with Gasteiger partial charge in [-0.25, -0.2) is 9.69 Å². The first-order valence-electron chi connectivity index (χ1n) is 10.1. The number of aryl methyl sites for hydroxylation is 1. The number of urea groups is 1. The van der Waals surface area contributed by atoms with Gasteiger partial charge in [-0.15, -0.1) is 11.8 Å². The number of halogens is 1. The molecule has 0 aromatic heterocycles. The van der Waals surface area contributed by atoms with Crippen molar-refractivity contribution in [3.05, 3.63) is 76.7 Å². The number of rotatable bonds is 7. The van der Waals surface area contributed by atoms with Gasteiger partial charge in [0.2, 0.25) is 5.91 Å². The zero-order valence-corrected chi connectivity index (χ0v) is 18.3. The molecule has 2 aliphatic heterocycles. The van der Waals surface area contributed by atoms with E-state index in [0.29, 0.717) is 17.3 Å². The van der Waals surface area contributed by atoms with Crippen molar-refractivity contribution in [2.24, 2.45) is 0 Å². The third kappa shape index (κ3) is 4.78. The largest absolute Gasteiger partial charge is 0.355 e. The third-order valence-electron chi connectivity index (χ3n) is 5.26. The number of carbonyl (C=O) groups is 3. The molecule has 160 valence electrons. The Bertz CT molecular complexity index is 1010. The lowest BCUT2D eigenvalue weighted by Crippen LogP contribution is -2.63. The molecular formula is C23H22ClN3O3S. The van der Waals surface area contributed by atoms with Gasteiger partial charge in [0.1, 0.15) is 11.8 Å². The molecule has 1 saturated heterocycles. The summed E-state index contributed by atoms with van der Waals surface area (Å²) in [6.45, 7) is 0.409. The van der Waals surface area contributed by atoms with Crippen molar-refractivity contribution in [2.75, 3.05) is 18.0 Å². The predicted octanol–water partition coefficient (Wildman–Crippen LogP) is 3.86. The monoisotopic (exact) mass is 455 g/mol. The van der Waals surface area contributed by atoms with Crippen LogP contribution >= 0.6 is 23.4 Å². The third-order valence-corrected chi connectivity index (χ3v) is 6.58. The van der Waals surface area contributed by atoms with Gasteiger partial charge in [0.15, 0.2) is 0 Å². The van der Waals surface area contributed by atoms with Crippen LogP contribution in [0.5, 0.6) is 0 Å². The molecule has 0 bridgehead atoms. The molecule has 0 aliphatic carbocycles. The summed E-state index contributed by atoms with van der Waals surface area (Å²) in [5.74, 6) is -0.544. The lowest BCUT2D eigenvalue weighted by molar-refractivity contribution is -0.124. The highest BCUT2D eigenvalue weighted by Gasteiger charge is 2.48. The first-order chi connectivity index (χ1) is 15.0. The second-order valence-electron chi connectivity index (χ2n) is 7.38. The minimum Gasteiger partial charge on any atom is -0.355 e. The quantitative estimate of drug-likeness (QED) is 0.644. The van der Waals surface area contributed by atoms with Crippen LogP contribution in [0.25, 0.3) is 0 Å². The van der Waals surface area contributed by atoms with Crippen LogP contribution in [-0.2, 0) is 16.0 Å². The van der Waals surface area contributed by atoms with E-state index < -0.39 is 17.3 Å². The van der Waals surface area contributed by atoms with Gasteiger partial charge in [-0.3, -0.25) is 9.59 Å². The molecule has 2 aromatic carbocycles. The standard InChI is InChI=1S/C23H22ClN3O3S/c24-17-9-4-10-18(14-17)27-22(29)21-19(11-13-31-21)26(23(27)30)15-20(28)25-12-5-8-16-6-2-1-3-7-16/h1-4,6-7,9-11,13-14,19,21H,5,8,12,15H2,(H,25,28). The molecule has 2 heterocycles. The van der Waals surface area contributed by atoms with Gasteiger partial charge in [0.05, 0.1) is 11.7 Å². The summed E-state index contributed by atoms with van der Waals surface area (Å²) in [7, 11) is 0. The van der Waals surface area contributed by atoms with E-state index in [4.69, 9.17) is 11.6 Å². The van der Waals surface area contributed by atoms with Gasteiger partial charge in [-0.2, -0.15) is 0 Å². The molecule has 0 radical (unpaired) electrons. The Labute approximate surface area is 190 Å². The number of fused-ring (bicyclic) bond motifs is 1. The van der Waals surface area contributed by atoms with E-state index in [1.807, 2.05) is 29.7 Å². The molecule has 1 fully saturated rings. The molecule has 2 aromatic rings. The molecule has 31 heavy (non-hydrogen) atoms. The molecule has 4 amide bonds. The topological polar surface area (TPSA) is 69.7 Å². The van der Waals surface area contributed by atoms with E-state index in [-0.39, 0.29) is 18.4 Å². The number of hydrogen-bond acceptors (Lipinski definition) is 4. The Kier molecular flexibility index (Phi) is 6.63. The highest BCUT2D eigenvalue weighted by molar-refractivity contribution is 8.03. The van der Waals surface area contributed by atoms with Crippen LogP contribution in [0, 0.1) is 0 Å². The van der Waals surface area contributed by atoms with Crippen LogP contribution in [0.1, 0.15) is 12.0 Å². The summed E-state index contributed by atoms with van der Waals surface area (Å²) in [5.41, 5.74) is 1.62. The molecule has 4 rings (SSSR count). The lowest BCUT2D eigenvalue weighted by atomic mass is 10.1. The summed E-state index contributed by atoms with van der Waals surface area (Å²) in [4.78, 5) is 41.3. The van der Waals surface area contributed by atoms with Crippen molar-refractivity contribution in [3.8, 4) is 0 Å².